The predicted molar refractivity (Wildman–Crippen MR) is 120 cm³/mol. The van der Waals surface area contributed by atoms with Crippen molar-refractivity contribution < 1.29 is 19.0 Å². The van der Waals surface area contributed by atoms with E-state index >= 15 is 0 Å². The fourth-order valence-corrected chi connectivity index (χ4v) is 3.48. The maximum absolute atomic E-state index is 12.9. The van der Waals surface area contributed by atoms with Crippen LogP contribution in [0.1, 0.15) is 0 Å². The molecule has 1 N–H and O–H groups in total. The summed E-state index contributed by atoms with van der Waals surface area (Å²) in [5, 5.41) is 2.93. The maximum Gasteiger partial charge on any atom is 0.244 e. The van der Waals surface area contributed by atoms with Gasteiger partial charge < -0.3 is 24.1 Å². The molecular formula is C24H23N3O4. The van der Waals surface area contributed by atoms with Gasteiger partial charge in [0.05, 0.1) is 32.4 Å². The lowest BCUT2D eigenvalue weighted by Gasteiger charge is -2.12. The van der Waals surface area contributed by atoms with E-state index in [1.165, 1.54) is 0 Å². The van der Waals surface area contributed by atoms with Crippen LogP contribution in [0.3, 0.4) is 0 Å². The minimum atomic E-state index is -0.168. The van der Waals surface area contributed by atoms with Gasteiger partial charge in [0.15, 0.2) is 11.5 Å². The number of anilines is 1. The summed E-state index contributed by atoms with van der Waals surface area (Å²) in [4.78, 5) is 17.7. The molecule has 1 amide bonds. The number of fused-ring (bicyclic) bond motifs is 1. The zero-order valence-electron chi connectivity index (χ0n) is 17.6. The Morgan fingerprint density at radius 3 is 2.48 bits per heavy atom. The molecule has 0 aliphatic carbocycles. The van der Waals surface area contributed by atoms with E-state index in [0.29, 0.717) is 28.8 Å². The Morgan fingerprint density at radius 2 is 1.71 bits per heavy atom. The van der Waals surface area contributed by atoms with Crippen molar-refractivity contribution in [2.45, 2.75) is 6.54 Å². The van der Waals surface area contributed by atoms with E-state index in [2.05, 4.69) is 5.32 Å². The lowest BCUT2D eigenvalue weighted by atomic mass is 10.2. The molecule has 158 valence electrons. The van der Waals surface area contributed by atoms with Crippen LogP contribution in [0.15, 0.2) is 66.7 Å². The average molecular weight is 417 g/mol. The van der Waals surface area contributed by atoms with Crippen LogP contribution in [0.25, 0.3) is 22.4 Å². The van der Waals surface area contributed by atoms with Gasteiger partial charge in [0.2, 0.25) is 5.91 Å². The molecule has 31 heavy (non-hydrogen) atoms. The number of nitrogens with zero attached hydrogens (tertiary/aromatic N) is 2. The van der Waals surface area contributed by atoms with Crippen LogP contribution in [0.2, 0.25) is 0 Å². The SMILES string of the molecule is COc1cccc(NC(=O)Cn2c(-c3ccc(OC)c(OC)c3)nc3ccccc32)c1. The number of hydrogen-bond acceptors (Lipinski definition) is 5. The molecule has 0 fully saturated rings. The Hall–Kier alpha value is -4.00. The number of methoxy groups -OCH3 is 3. The Morgan fingerprint density at radius 1 is 0.903 bits per heavy atom. The van der Waals surface area contributed by atoms with Gasteiger partial charge >= 0.3 is 0 Å². The smallest absolute Gasteiger partial charge is 0.244 e. The number of hydrogen-bond donors (Lipinski definition) is 1. The highest BCUT2D eigenvalue weighted by molar-refractivity contribution is 5.93. The van der Waals surface area contributed by atoms with E-state index in [1.807, 2.05) is 65.2 Å². The van der Waals surface area contributed by atoms with E-state index in [1.54, 1.807) is 27.4 Å². The fraction of sp³-hybridized carbons (Fsp3) is 0.167. The number of nitrogens with one attached hydrogen (secondary N) is 1. The van der Waals surface area contributed by atoms with Crippen LogP contribution < -0.4 is 19.5 Å². The molecule has 0 spiro atoms. The van der Waals surface area contributed by atoms with Gasteiger partial charge in [-0.1, -0.05) is 18.2 Å². The summed E-state index contributed by atoms with van der Waals surface area (Å²) in [5.41, 5.74) is 3.17. The number of benzene rings is 3. The zero-order chi connectivity index (χ0) is 21.8. The second-order valence-electron chi connectivity index (χ2n) is 6.86. The van der Waals surface area contributed by atoms with Gasteiger partial charge in [-0.15, -0.1) is 0 Å². The van der Waals surface area contributed by atoms with Gasteiger partial charge in [0.1, 0.15) is 18.1 Å². The molecule has 7 nitrogen and oxygen atoms in total. The summed E-state index contributed by atoms with van der Waals surface area (Å²) in [6.45, 7) is 0.0986. The lowest BCUT2D eigenvalue weighted by molar-refractivity contribution is -0.116. The molecule has 1 aromatic heterocycles. The summed E-state index contributed by atoms with van der Waals surface area (Å²) in [7, 11) is 4.77. The summed E-state index contributed by atoms with van der Waals surface area (Å²) in [6.07, 6.45) is 0. The highest BCUT2D eigenvalue weighted by atomic mass is 16.5. The first-order chi connectivity index (χ1) is 15.1. The van der Waals surface area contributed by atoms with Gasteiger partial charge in [0, 0.05) is 17.3 Å². The number of aromatic nitrogens is 2. The third-order valence-corrected chi connectivity index (χ3v) is 4.95. The van der Waals surface area contributed by atoms with Crippen LogP contribution in [-0.2, 0) is 11.3 Å². The van der Waals surface area contributed by atoms with Crippen LogP contribution in [0, 0.1) is 0 Å². The standard InChI is InChI=1S/C24H23N3O4/c1-29-18-8-6-7-17(14-18)25-23(28)15-27-20-10-5-4-9-19(20)26-24(27)16-11-12-21(30-2)22(13-16)31-3/h4-14H,15H2,1-3H3,(H,25,28). The first-order valence-electron chi connectivity index (χ1n) is 9.74. The molecule has 0 saturated heterocycles. The summed E-state index contributed by atoms with van der Waals surface area (Å²) in [5.74, 6) is 2.40. The van der Waals surface area contributed by atoms with Crippen molar-refractivity contribution in [2.24, 2.45) is 0 Å². The van der Waals surface area contributed by atoms with Crippen LogP contribution in [0.5, 0.6) is 17.2 Å². The molecule has 0 atom stereocenters. The molecule has 0 bridgehead atoms. The third-order valence-electron chi connectivity index (χ3n) is 4.95. The topological polar surface area (TPSA) is 74.6 Å². The fourth-order valence-electron chi connectivity index (χ4n) is 3.48. The number of imidazole rings is 1. The quantitative estimate of drug-likeness (QED) is 0.483. The lowest BCUT2D eigenvalue weighted by Crippen LogP contribution is -2.19. The Kier molecular flexibility index (Phi) is 5.75. The van der Waals surface area contributed by atoms with Crippen LogP contribution >= 0.6 is 0 Å². The Labute approximate surface area is 180 Å². The summed E-state index contributed by atoms with van der Waals surface area (Å²) >= 11 is 0. The predicted octanol–water partition coefficient (Wildman–Crippen LogP) is 4.37. The highest BCUT2D eigenvalue weighted by Gasteiger charge is 2.17. The molecule has 7 heteroatoms. The van der Waals surface area contributed by atoms with Crippen molar-refractivity contribution in [2.75, 3.05) is 26.6 Å². The minimum Gasteiger partial charge on any atom is -0.497 e. The monoisotopic (exact) mass is 417 g/mol. The van der Waals surface area contributed by atoms with Gasteiger partial charge in [-0.3, -0.25) is 4.79 Å². The molecule has 1 heterocycles. The Bertz CT molecular complexity index is 1230. The average Bonchev–Trinajstić information content (AvgIpc) is 3.16. The number of carbonyl (C=O) groups is 1. The number of carbonyl (C=O) groups excluding carboxylic acids is 1. The van der Waals surface area contributed by atoms with Crippen molar-refractivity contribution in [3.05, 3.63) is 66.7 Å². The molecule has 4 rings (SSSR count). The first kappa shape index (κ1) is 20.3. The number of ether oxygens (including phenoxy) is 3. The van der Waals surface area contributed by atoms with Crippen LogP contribution in [-0.4, -0.2) is 36.8 Å². The van der Waals surface area contributed by atoms with E-state index in [9.17, 15) is 4.79 Å². The van der Waals surface area contributed by atoms with Crippen LogP contribution in [0.4, 0.5) is 5.69 Å². The summed E-state index contributed by atoms with van der Waals surface area (Å²) < 4.78 is 17.9. The normalized spacial score (nSPS) is 10.7. The van der Waals surface area contributed by atoms with E-state index < -0.39 is 0 Å². The highest BCUT2D eigenvalue weighted by Crippen LogP contribution is 2.33. The van der Waals surface area contributed by atoms with Gasteiger partial charge in [-0.2, -0.15) is 0 Å². The first-order valence-corrected chi connectivity index (χ1v) is 9.74. The molecule has 0 aliphatic heterocycles. The van der Waals surface area contributed by atoms with E-state index in [4.69, 9.17) is 19.2 Å². The number of rotatable bonds is 7. The molecule has 0 aliphatic rings. The second-order valence-corrected chi connectivity index (χ2v) is 6.86. The summed E-state index contributed by atoms with van der Waals surface area (Å²) in [6, 6.07) is 20.6. The molecular weight excluding hydrogens is 394 g/mol. The number of amides is 1. The second kappa shape index (κ2) is 8.79. The van der Waals surface area contributed by atoms with E-state index in [-0.39, 0.29) is 12.5 Å². The molecule has 4 aromatic rings. The zero-order valence-corrected chi connectivity index (χ0v) is 17.6. The number of para-hydroxylation sites is 2. The Balaban J connectivity index is 1.71. The van der Waals surface area contributed by atoms with Crippen molar-refractivity contribution >= 4 is 22.6 Å². The molecule has 0 saturated carbocycles. The van der Waals surface area contributed by atoms with Crippen molar-refractivity contribution in [3.8, 4) is 28.6 Å². The van der Waals surface area contributed by atoms with Crippen molar-refractivity contribution in [1.29, 1.82) is 0 Å². The van der Waals surface area contributed by atoms with E-state index in [0.717, 1.165) is 16.6 Å². The van der Waals surface area contributed by atoms with Crippen molar-refractivity contribution in [3.63, 3.8) is 0 Å². The van der Waals surface area contributed by atoms with Gasteiger partial charge in [-0.05, 0) is 42.5 Å². The molecule has 0 radical (unpaired) electrons. The van der Waals surface area contributed by atoms with Crippen molar-refractivity contribution in [1.82, 2.24) is 9.55 Å². The molecule has 3 aromatic carbocycles. The maximum atomic E-state index is 12.9. The van der Waals surface area contributed by atoms with Gasteiger partial charge in [0.25, 0.3) is 0 Å². The molecule has 0 unspecified atom stereocenters. The largest absolute Gasteiger partial charge is 0.497 e. The van der Waals surface area contributed by atoms with Gasteiger partial charge in [-0.25, -0.2) is 4.98 Å². The minimum absolute atomic E-state index is 0.0986. The third kappa shape index (κ3) is 4.16.